The molecule has 1 aliphatic rings. The Labute approximate surface area is 183 Å². The topological polar surface area (TPSA) is 44.8 Å². The molecule has 31 heavy (non-hydrogen) atoms. The van der Waals surface area contributed by atoms with Gasteiger partial charge in [0.2, 0.25) is 0 Å². The van der Waals surface area contributed by atoms with E-state index in [-0.39, 0.29) is 0 Å². The molecule has 1 aliphatic carbocycles. The summed E-state index contributed by atoms with van der Waals surface area (Å²) in [5.74, 6) is 1.18. The van der Waals surface area contributed by atoms with E-state index in [1.807, 2.05) is 13.0 Å². The number of hydrogen-bond donors (Lipinski definition) is 0. The van der Waals surface area contributed by atoms with Gasteiger partial charge in [0.05, 0.1) is 14.2 Å². The molecule has 0 fully saturated rings. The van der Waals surface area contributed by atoms with E-state index in [4.69, 9.17) is 14.2 Å². The lowest BCUT2D eigenvalue weighted by Gasteiger charge is -2.20. The lowest BCUT2D eigenvalue weighted by molar-refractivity contribution is -0.129. The largest absolute Gasteiger partial charge is 0.496 e. The van der Waals surface area contributed by atoms with Crippen molar-refractivity contribution < 1.29 is 19.0 Å². The van der Waals surface area contributed by atoms with Crippen molar-refractivity contribution >= 4 is 5.97 Å². The summed E-state index contributed by atoms with van der Waals surface area (Å²) in [4.78, 5) is 12.2. The highest BCUT2D eigenvalue weighted by Gasteiger charge is 2.26. The molecule has 0 saturated carbocycles. The van der Waals surface area contributed by atoms with E-state index in [1.165, 1.54) is 28.3 Å². The van der Waals surface area contributed by atoms with E-state index in [9.17, 15) is 4.79 Å². The van der Waals surface area contributed by atoms with Gasteiger partial charge in [-0.05, 0) is 53.6 Å². The lowest BCUT2D eigenvalue weighted by Crippen LogP contribution is -2.09. The van der Waals surface area contributed by atoms with Crippen molar-refractivity contribution in [1.29, 1.82) is 0 Å². The second kappa shape index (κ2) is 8.68. The fraction of sp³-hybridized carbons (Fsp3) is 0.222. The van der Waals surface area contributed by atoms with Crippen molar-refractivity contribution in [3.63, 3.8) is 0 Å². The molecule has 4 nitrogen and oxygen atoms in total. The van der Waals surface area contributed by atoms with E-state index < -0.39 is 5.97 Å². The zero-order chi connectivity index (χ0) is 22.0. The molecule has 0 N–H and O–H groups in total. The molecule has 3 aromatic rings. The van der Waals surface area contributed by atoms with Gasteiger partial charge in [0, 0.05) is 17.2 Å². The maximum absolute atomic E-state index is 12.2. The number of esters is 1. The fourth-order valence-corrected chi connectivity index (χ4v) is 4.37. The van der Waals surface area contributed by atoms with Gasteiger partial charge in [-0.1, -0.05) is 55.5 Å². The van der Waals surface area contributed by atoms with Gasteiger partial charge in [-0.3, -0.25) is 0 Å². The summed E-state index contributed by atoms with van der Waals surface area (Å²) in [5, 5.41) is 0. The summed E-state index contributed by atoms with van der Waals surface area (Å²) in [6.07, 6.45) is 4.53. The summed E-state index contributed by atoms with van der Waals surface area (Å²) in [6.45, 7) is 3.79. The van der Waals surface area contributed by atoms with E-state index in [1.54, 1.807) is 27.2 Å². The Morgan fingerprint density at radius 3 is 2.32 bits per heavy atom. The fourth-order valence-electron chi connectivity index (χ4n) is 4.37. The van der Waals surface area contributed by atoms with Crippen LogP contribution in [0.25, 0.3) is 22.3 Å². The number of rotatable bonds is 6. The van der Waals surface area contributed by atoms with Gasteiger partial charge >= 0.3 is 5.97 Å². The third kappa shape index (κ3) is 3.59. The van der Waals surface area contributed by atoms with Crippen LogP contribution in [0.4, 0.5) is 0 Å². The van der Waals surface area contributed by atoms with Crippen LogP contribution in [-0.4, -0.2) is 20.2 Å². The van der Waals surface area contributed by atoms with Crippen LogP contribution in [0.3, 0.4) is 0 Å². The molecule has 0 spiro atoms. The summed E-state index contributed by atoms with van der Waals surface area (Å²) in [5.41, 5.74) is 7.96. The first-order valence-electron chi connectivity index (χ1n) is 10.5. The molecule has 4 heteroatoms. The van der Waals surface area contributed by atoms with Crippen molar-refractivity contribution in [3.8, 4) is 39.5 Å². The van der Waals surface area contributed by atoms with E-state index in [0.29, 0.717) is 23.7 Å². The van der Waals surface area contributed by atoms with Crippen LogP contribution < -0.4 is 14.2 Å². The number of carbonyl (C=O) groups is 1. The number of carbonyl (C=O) groups excluding carboxylic acids is 1. The normalized spacial score (nSPS) is 11.9. The summed E-state index contributed by atoms with van der Waals surface area (Å²) in [7, 11) is 3.24. The van der Waals surface area contributed by atoms with Crippen LogP contribution in [0.5, 0.6) is 17.2 Å². The second-order valence-electron chi connectivity index (χ2n) is 7.41. The SMILES string of the molecule is CC=CC(=O)Oc1c(OC)cc(-c2cccc3c2Cc2ccccc2-3)c(OC)c1CC. The van der Waals surface area contributed by atoms with Crippen LogP contribution in [0.2, 0.25) is 0 Å². The minimum atomic E-state index is -0.443. The summed E-state index contributed by atoms with van der Waals surface area (Å²) in [6, 6.07) is 16.8. The molecule has 0 unspecified atom stereocenters. The number of benzene rings is 3. The number of allylic oxidation sites excluding steroid dienone is 1. The number of methoxy groups -OCH3 is 2. The molecule has 0 aliphatic heterocycles. The molecule has 0 heterocycles. The zero-order valence-corrected chi connectivity index (χ0v) is 18.3. The van der Waals surface area contributed by atoms with Gasteiger partial charge < -0.3 is 14.2 Å². The number of ether oxygens (including phenoxy) is 3. The Bertz CT molecular complexity index is 1170. The Morgan fingerprint density at radius 1 is 0.935 bits per heavy atom. The monoisotopic (exact) mass is 414 g/mol. The molecule has 158 valence electrons. The smallest absolute Gasteiger partial charge is 0.335 e. The van der Waals surface area contributed by atoms with Crippen molar-refractivity contribution in [2.45, 2.75) is 26.7 Å². The average molecular weight is 415 g/mol. The zero-order valence-electron chi connectivity index (χ0n) is 18.3. The van der Waals surface area contributed by atoms with Crippen molar-refractivity contribution in [3.05, 3.63) is 77.4 Å². The van der Waals surface area contributed by atoms with Crippen LogP contribution in [0.1, 0.15) is 30.5 Å². The molecule has 0 radical (unpaired) electrons. The third-order valence-electron chi connectivity index (χ3n) is 5.72. The summed E-state index contributed by atoms with van der Waals surface area (Å²) >= 11 is 0. The van der Waals surface area contributed by atoms with Crippen LogP contribution in [0, 0.1) is 0 Å². The predicted molar refractivity (Wildman–Crippen MR) is 123 cm³/mol. The maximum atomic E-state index is 12.2. The van der Waals surface area contributed by atoms with Gasteiger partial charge in [0.15, 0.2) is 11.5 Å². The molecule has 0 atom stereocenters. The number of fused-ring (bicyclic) bond motifs is 3. The molecule has 0 amide bonds. The van der Waals surface area contributed by atoms with Gasteiger partial charge in [0.25, 0.3) is 0 Å². The van der Waals surface area contributed by atoms with E-state index >= 15 is 0 Å². The minimum absolute atomic E-state index is 0.407. The second-order valence-corrected chi connectivity index (χ2v) is 7.41. The molecule has 0 saturated heterocycles. The molecule has 3 aromatic carbocycles. The standard InChI is InChI=1S/C27H26O4/c1-5-10-25(28)31-27-18(6-2)26(30-4)23(16-24(27)29-3)21-14-9-13-20-19-12-8-7-11-17(19)15-22(20)21/h5,7-14,16H,6,15H2,1-4H3. The first-order chi connectivity index (χ1) is 15.1. The Morgan fingerprint density at radius 2 is 1.65 bits per heavy atom. The van der Waals surface area contributed by atoms with Gasteiger partial charge in [0.1, 0.15) is 5.75 Å². The molecule has 0 bridgehead atoms. The quantitative estimate of drug-likeness (QED) is 0.221. The highest BCUT2D eigenvalue weighted by molar-refractivity contribution is 5.89. The van der Waals surface area contributed by atoms with Crippen LogP contribution >= 0.6 is 0 Å². The third-order valence-corrected chi connectivity index (χ3v) is 5.72. The first kappa shape index (κ1) is 20.7. The average Bonchev–Trinajstić information content (AvgIpc) is 3.17. The molecular formula is C27H26O4. The van der Waals surface area contributed by atoms with Crippen LogP contribution in [-0.2, 0) is 17.6 Å². The van der Waals surface area contributed by atoms with Gasteiger partial charge in [-0.2, -0.15) is 0 Å². The van der Waals surface area contributed by atoms with Crippen molar-refractivity contribution in [1.82, 2.24) is 0 Å². The van der Waals surface area contributed by atoms with E-state index in [0.717, 1.165) is 23.1 Å². The number of hydrogen-bond acceptors (Lipinski definition) is 4. The van der Waals surface area contributed by atoms with E-state index in [2.05, 4.69) is 42.5 Å². The molecular weight excluding hydrogens is 388 g/mol. The Balaban J connectivity index is 1.92. The highest BCUT2D eigenvalue weighted by atomic mass is 16.6. The predicted octanol–water partition coefficient (Wildman–Crippen LogP) is 5.99. The Hall–Kier alpha value is -3.53. The van der Waals surface area contributed by atoms with Gasteiger partial charge in [-0.15, -0.1) is 0 Å². The maximum Gasteiger partial charge on any atom is 0.335 e. The van der Waals surface area contributed by atoms with Crippen LogP contribution in [0.15, 0.2) is 60.7 Å². The minimum Gasteiger partial charge on any atom is -0.496 e. The summed E-state index contributed by atoms with van der Waals surface area (Å²) < 4.78 is 17.2. The highest BCUT2D eigenvalue weighted by Crippen LogP contribution is 2.49. The van der Waals surface area contributed by atoms with Gasteiger partial charge in [-0.25, -0.2) is 4.79 Å². The Kier molecular flexibility index (Phi) is 5.81. The first-order valence-corrected chi connectivity index (χ1v) is 10.5. The molecule has 4 rings (SSSR count). The lowest BCUT2D eigenvalue weighted by atomic mass is 9.92. The van der Waals surface area contributed by atoms with Crippen molar-refractivity contribution in [2.24, 2.45) is 0 Å². The van der Waals surface area contributed by atoms with Crippen molar-refractivity contribution in [2.75, 3.05) is 14.2 Å². The molecule has 0 aromatic heterocycles.